The highest BCUT2D eigenvalue weighted by molar-refractivity contribution is 7.80. The van der Waals surface area contributed by atoms with Gasteiger partial charge in [-0.05, 0) is 25.1 Å². The summed E-state index contributed by atoms with van der Waals surface area (Å²) in [6.07, 6.45) is 3.28. The van der Waals surface area contributed by atoms with Gasteiger partial charge in [0.25, 0.3) is 0 Å². The van der Waals surface area contributed by atoms with E-state index in [4.69, 9.17) is 18.0 Å². The first-order valence-corrected chi connectivity index (χ1v) is 5.39. The van der Waals surface area contributed by atoms with Crippen LogP contribution in [0.15, 0.2) is 30.6 Å². The van der Waals surface area contributed by atoms with E-state index in [-0.39, 0.29) is 4.99 Å². The molecule has 0 saturated heterocycles. The van der Waals surface area contributed by atoms with Crippen molar-refractivity contribution in [2.45, 2.75) is 6.92 Å². The Morgan fingerprint density at radius 1 is 1.35 bits per heavy atom. The maximum atomic E-state index is 5.61. The number of thiocarbonyl (C=S) groups is 1. The van der Waals surface area contributed by atoms with E-state index in [2.05, 4.69) is 20.5 Å². The number of nitrogens with zero attached hydrogens (tertiary/aromatic N) is 3. The molecule has 0 aliphatic heterocycles. The van der Waals surface area contributed by atoms with E-state index < -0.39 is 0 Å². The molecule has 86 valence electrons. The van der Waals surface area contributed by atoms with Crippen molar-refractivity contribution in [1.29, 1.82) is 0 Å². The van der Waals surface area contributed by atoms with Crippen LogP contribution >= 0.6 is 12.2 Å². The van der Waals surface area contributed by atoms with Crippen molar-refractivity contribution in [3.05, 3.63) is 41.9 Å². The van der Waals surface area contributed by atoms with Gasteiger partial charge in [0, 0.05) is 6.20 Å². The van der Waals surface area contributed by atoms with Gasteiger partial charge in [0.05, 0.1) is 23.1 Å². The Balaban J connectivity index is 2.37. The average Bonchev–Trinajstić information content (AvgIpc) is 2.32. The maximum absolute atomic E-state index is 5.61. The lowest BCUT2D eigenvalue weighted by molar-refractivity contribution is 1.03. The molecule has 0 spiro atoms. The molecule has 5 nitrogen and oxygen atoms in total. The molecule has 0 unspecified atom stereocenters. The second-order valence-corrected chi connectivity index (χ2v) is 3.86. The molecule has 2 heterocycles. The topological polar surface area (TPSA) is 76.7 Å². The number of hydrogen-bond donors (Lipinski definition) is 2. The van der Waals surface area contributed by atoms with E-state index in [1.165, 1.54) is 0 Å². The van der Waals surface area contributed by atoms with Crippen LogP contribution in [0.2, 0.25) is 0 Å². The van der Waals surface area contributed by atoms with Gasteiger partial charge in [0.2, 0.25) is 0 Å². The van der Waals surface area contributed by atoms with Crippen LogP contribution in [0, 0.1) is 6.92 Å². The Labute approximate surface area is 104 Å². The maximum Gasteiger partial charge on any atom is 0.163 e. The number of anilines is 2. The lowest BCUT2D eigenvalue weighted by Gasteiger charge is -2.10. The molecule has 0 radical (unpaired) electrons. The van der Waals surface area contributed by atoms with Crippen molar-refractivity contribution >= 4 is 28.7 Å². The molecular weight excluding hydrogens is 234 g/mol. The highest BCUT2D eigenvalue weighted by Crippen LogP contribution is 2.19. The Hall–Kier alpha value is -2.08. The summed E-state index contributed by atoms with van der Waals surface area (Å²) >= 11 is 4.95. The number of aryl methyl sites for hydroxylation is 1. The van der Waals surface area contributed by atoms with Gasteiger partial charge < -0.3 is 11.1 Å². The zero-order chi connectivity index (χ0) is 12.3. The number of nitrogens with one attached hydrogen (secondary N) is 1. The first kappa shape index (κ1) is 11.4. The van der Waals surface area contributed by atoms with Crippen molar-refractivity contribution in [3.8, 4) is 0 Å². The summed E-state index contributed by atoms with van der Waals surface area (Å²) in [7, 11) is 0. The van der Waals surface area contributed by atoms with Gasteiger partial charge in [0.15, 0.2) is 5.82 Å². The second-order valence-electron chi connectivity index (χ2n) is 3.42. The first-order valence-electron chi connectivity index (χ1n) is 4.98. The third-order valence-electron chi connectivity index (χ3n) is 2.25. The SMILES string of the molecule is Cc1ncccc1Nc1nnccc1C(N)=S. The van der Waals surface area contributed by atoms with Crippen LogP contribution in [0.25, 0.3) is 0 Å². The lowest BCUT2D eigenvalue weighted by atomic mass is 10.2. The van der Waals surface area contributed by atoms with Crippen LogP contribution in [-0.2, 0) is 0 Å². The van der Waals surface area contributed by atoms with E-state index in [1.54, 1.807) is 18.5 Å². The van der Waals surface area contributed by atoms with Crippen molar-refractivity contribution in [2.24, 2.45) is 5.73 Å². The Bertz CT molecular complexity index is 555. The fourth-order valence-corrected chi connectivity index (χ4v) is 1.53. The van der Waals surface area contributed by atoms with E-state index in [9.17, 15) is 0 Å². The number of pyridine rings is 1. The highest BCUT2D eigenvalue weighted by Gasteiger charge is 2.08. The second kappa shape index (κ2) is 4.84. The summed E-state index contributed by atoms with van der Waals surface area (Å²) in [4.78, 5) is 4.46. The summed E-state index contributed by atoms with van der Waals surface area (Å²) < 4.78 is 0. The van der Waals surface area contributed by atoms with Crippen LogP contribution in [0.1, 0.15) is 11.3 Å². The molecule has 0 amide bonds. The molecule has 0 fully saturated rings. The van der Waals surface area contributed by atoms with Crippen LogP contribution in [0.4, 0.5) is 11.5 Å². The molecular formula is C11H11N5S. The average molecular weight is 245 g/mol. The molecule has 2 aromatic rings. The van der Waals surface area contributed by atoms with Crippen LogP contribution in [-0.4, -0.2) is 20.2 Å². The normalized spacial score (nSPS) is 9.94. The molecule has 17 heavy (non-hydrogen) atoms. The number of rotatable bonds is 3. The van der Waals surface area contributed by atoms with Crippen LogP contribution in [0.3, 0.4) is 0 Å². The minimum Gasteiger partial charge on any atom is -0.389 e. The minimum atomic E-state index is 0.281. The van der Waals surface area contributed by atoms with Crippen molar-refractivity contribution in [3.63, 3.8) is 0 Å². The molecule has 6 heteroatoms. The predicted molar refractivity (Wildman–Crippen MR) is 70.2 cm³/mol. The Kier molecular flexibility index (Phi) is 3.24. The monoisotopic (exact) mass is 245 g/mol. The van der Waals surface area contributed by atoms with E-state index in [1.807, 2.05) is 19.1 Å². The number of aromatic nitrogens is 3. The van der Waals surface area contributed by atoms with Gasteiger partial charge >= 0.3 is 0 Å². The Morgan fingerprint density at radius 2 is 2.18 bits per heavy atom. The molecule has 0 bridgehead atoms. The highest BCUT2D eigenvalue weighted by atomic mass is 32.1. The lowest BCUT2D eigenvalue weighted by Crippen LogP contribution is -2.13. The molecule has 0 aliphatic rings. The van der Waals surface area contributed by atoms with Crippen LogP contribution in [0.5, 0.6) is 0 Å². The van der Waals surface area contributed by atoms with Gasteiger partial charge in [-0.15, -0.1) is 5.10 Å². The van der Waals surface area contributed by atoms with Gasteiger partial charge in [0.1, 0.15) is 4.99 Å². The Morgan fingerprint density at radius 3 is 2.88 bits per heavy atom. The molecule has 2 aromatic heterocycles. The molecule has 0 atom stereocenters. The summed E-state index contributed by atoms with van der Waals surface area (Å²) in [5.74, 6) is 0.538. The van der Waals surface area contributed by atoms with Gasteiger partial charge in [-0.1, -0.05) is 12.2 Å². The molecule has 3 N–H and O–H groups in total. The summed E-state index contributed by atoms with van der Waals surface area (Å²) in [6.45, 7) is 1.90. The van der Waals surface area contributed by atoms with E-state index >= 15 is 0 Å². The summed E-state index contributed by atoms with van der Waals surface area (Å²) in [6, 6.07) is 5.47. The van der Waals surface area contributed by atoms with Crippen molar-refractivity contribution < 1.29 is 0 Å². The molecule has 2 rings (SSSR count). The molecule has 0 aromatic carbocycles. The van der Waals surface area contributed by atoms with Crippen molar-refractivity contribution in [1.82, 2.24) is 15.2 Å². The van der Waals surface area contributed by atoms with Gasteiger partial charge in [-0.25, -0.2) is 0 Å². The predicted octanol–water partition coefficient (Wildman–Crippen LogP) is 1.56. The summed E-state index contributed by atoms with van der Waals surface area (Å²) in [5, 5.41) is 10.9. The smallest absolute Gasteiger partial charge is 0.163 e. The first-order chi connectivity index (χ1) is 8.18. The fourth-order valence-electron chi connectivity index (χ4n) is 1.37. The van der Waals surface area contributed by atoms with Crippen molar-refractivity contribution in [2.75, 3.05) is 5.32 Å². The minimum absolute atomic E-state index is 0.281. The largest absolute Gasteiger partial charge is 0.389 e. The number of hydrogen-bond acceptors (Lipinski definition) is 5. The van der Waals surface area contributed by atoms with E-state index in [0.717, 1.165) is 11.4 Å². The van der Waals surface area contributed by atoms with E-state index in [0.29, 0.717) is 11.4 Å². The zero-order valence-electron chi connectivity index (χ0n) is 9.21. The summed E-state index contributed by atoms with van der Waals surface area (Å²) in [5.41, 5.74) is 8.00. The standard InChI is InChI=1S/C11H11N5S/c1-7-9(3-2-5-13-7)15-11-8(10(12)17)4-6-14-16-11/h2-6H,1H3,(H2,12,17)(H,15,16). The third kappa shape index (κ3) is 2.54. The fraction of sp³-hybridized carbons (Fsp3) is 0.0909. The quantitative estimate of drug-likeness (QED) is 0.799. The zero-order valence-corrected chi connectivity index (χ0v) is 10.0. The van der Waals surface area contributed by atoms with Gasteiger partial charge in [-0.2, -0.15) is 5.10 Å². The molecule has 0 aliphatic carbocycles. The van der Waals surface area contributed by atoms with Crippen LogP contribution < -0.4 is 11.1 Å². The third-order valence-corrected chi connectivity index (χ3v) is 2.47. The molecule has 0 saturated carbocycles. The van der Waals surface area contributed by atoms with Gasteiger partial charge in [-0.3, -0.25) is 4.98 Å². The number of nitrogens with two attached hydrogens (primary N) is 1.